The van der Waals surface area contributed by atoms with Crippen LogP contribution in [0.4, 0.5) is 11.6 Å². The number of hydrogen-bond donors (Lipinski definition) is 1. The maximum absolute atomic E-state index is 12.5. The summed E-state index contributed by atoms with van der Waals surface area (Å²) in [6.07, 6.45) is 4.95. The maximum Gasteiger partial charge on any atom is 0.236 e. The lowest BCUT2D eigenvalue weighted by Crippen LogP contribution is -2.38. The first-order valence-electron chi connectivity index (χ1n) is 9.71. The van der Waals surface area contributed by atoms with Crippen molar-refractivity contribution < 1.29 is 4.79 Å². The van der Waals surface area contributed by atoms with Crippen LogP contribution in [-0.4, -0.2) is 29.0 Å². The quantitative estimate of drug-likeness (QED) is 0.893. The number of nitrogens with one attached hydrogen (secondary N) is 1. The number of benzene rings is 1. The third-order valence-corrected chi connectivity index (χ3v) is 6.60. The van der Waals surface area contributed by atoms with Gasteiger partial charge in [-0.25, -0.2) is 9.97 Å². The topological polar surface area (TPSA) is 81.9 Å². The number of aromatic nitrogens is 2. The van der Waals surface area contributed by atoms with Crippen molar-refractivity contribution in [3.8, 4) is 17.3 Å². The summed E-state index contributed by atoms with van der Waals surface area (Å²) in [6.45, 7) is 2.04. The van der Waals surface area contributed by atoms with Gasteiger partial charge in [-0.2, -0.15) is 5.26 Å². The number of hydrogen-bond acceptors (Lipinski definition) is 5. The van der Waals surface area contributed by atoms with Gasteiger partial charge in [-0.05, 0) is 49.8 Å². The second-order valence-electron chi connectivity index (χ2n) is 8.06. The Labute approximate surface area is 157 Å². The van der Waals surface area contributed by atoms with Crippen molar-refractivity contribution in [3.05, 3.63) is 35.0 Å². The van der Waals surface area contributed by atoms with Crippen LogP contribution < -0.4 is 10.2 Å². The van der Waals surface area contributed by atoms with Gasteiger partial charge in [0, 0.05) is 35.6 Å². The zero-order valence-corrected chi connectivity index (χ0v) is 15.0. The number of carbonyl (C=O) groups excluding carboxylic acids is 1. The molecule has 4 aliphatic rings. The zero-order valence-electron chi connectivity index (χ0n) is 15.0. The number of nitrogens with zero attached hydrogens (tertiary/aromatic N) is 4. The molecule has 2 unspecified atom stereocenters. The average molecular weight is 357 g/mol. The van der Waals surface area contributed by atoms with Crippen LogP contribution in [0.2, 0.25) is 0 Å². The molecule has 1 saturated carbocycles. The van der Waals surface area contributed by atoms with Gasteiger partial charge in [-0.15, -0.1) is 0 Å². The van der Waals surface area contributed by atoms with E-state index in [4.69, 9.17) is 9.97 Å². The molecule has 1 amide bonds. The molecule has 2 aromatic rings. The first-order chi connectivity index (χ1) is 13.2. The number of anilines is 2. The Kier molecular flexibility index (Phi) is 2.84. The highest BCUT2D eigenvalue weighted by molar-refractivity contribution is 6.09. The van der Waals surface area contributed by atoms with E-state index < -0.39 is 5.41 Å². The Bertz CT molecular complexity index is 1050. The van der Waals surface area contributed by atoms with Gasteiger partial charge >= 0.3 is 0 Å². The number of aryl methyl sites for hydroxylation is 1. The van der Waals surface area contributed by atoms with Crippen LogP contribution >= 0.6 is 0 Å². The van der Waals surface area contributed by atoms with Crippen LogP contribution in [0.3, 0.4) is 0 Å². The van der Waals surface area contributed by atoms with Gasteiger partial charge in [0.05, 0.1) is 23.1 Å². The molecule has 2 atom stereocenters. The lowest BCUT2D eigenvalue weighted by atomic mass is 9.92. The molecule has 1 N–H and O–H groups in total. The SMILES string of the molecule is N#CC1CC12C(=O)Nc1ccc(-c3nc(N4CCC4)nc4c3CCC4)cc12. The van der Waals surface area contributed by atoms with Gasteiger partial charge in [0.1, 0.15) is 0 Å². The lowest BCUT2D eigenvalue weighted by molar-refractivity contribution is -0.118. The molecular formula is C21H19N5O. The van der Waals surface area contributed by atoms with Crippen molar-refractivity contribution in [2.45, 2.75) is 37.5 Å². The van der Waals surface area contributed by atoms with Crippen molar-refractivity contribution in [1.82, 2.24) is 9.97 Å². The summed E-state index contributed by atoms with van der Waals surface area (Å²) in [5, 5.41) is 12.3. The second kappa shape index (κ2) is 5.07. The molecule has 2 fully saturated rings. The summed E-state index contributed by atoms with van der Waals surface area (Å²) in [4.78, 5) is 24.5. The fraction of sp³-hybridized carbons (Fsp3) is 0.429. The molecule has 1 saturated heterocycles. The number of nitriles is 1. The Morgan fingerprint density at radius 3 is 2.85 bits per heavy atom. The van der Waals surface area contributed by atoms with E-state index in [1.807, 2.05) is 12.1 Å². The highest BCUT2D eigenvalue weighted by Crippen LogP contribution is 2.60. The molecule has 1 aromatic heterocycles. The Morgan fingerprint density at radius 2 is 2.11 bits per heavy atom. The van der Waals surface area contributed by atoms with E-state index in [-0.39, 0.29) is 11.8 Å². The maximum atomic E-state index is 12.5. The average Bonchev–Trinajstić information content (AvgIpc) is 3.07. The van der Waals surface area contributed by atoms with Crippen LogP contribution in [0.5, 0.6) is 0 Å². The smallest absolute Gasteiger partial charge is 0.236 e. The van der Waals surface area contributed by atoms with Crippen molar-refractivity contribution >= 4 is 17.5 Å². The molecule has 2 aliphatic carbocycles. The molecule has 0 radical (unpaired) electrons. The summed E-state index contributed by atoms with van der Waals surface area (Å²) in [7, 11) is 0. The fourth-order valence-electron chi connectivity index (χ4n) is 4.81. The van der Waals surface area contributed by atoms with Crippen LogP contribution in [0.25, 0.3) is 11.3 Å². The molecule has 2 aliphatic heterocycles. The van der Waals surface area contributed by atoms with Crippen molar-refractivity contribution in [2.75, 3.05) is 23.3 Å². The minimum absolute atomic E-state index is 0.0321. The first-order valence-corrected chi connectivity index (χ1v) is 9.71. The van der Waals surface area contributed by atoms with Crippen LogP contribution in [0.1, 0.15) is 36.1 Å². The van der Waals surface area contributed by atoms with Gasteiger partial charge in [0.15, 0.2) is 0 Å². The van der Waals surface area contributed by atoms with Crippen LogP contribution in [0.15, 0.2) is 18.2 Å². The minimum atomic E-state index is -0.642. The highest BCUT2D eigenvalue weighted by atomic mass is 16.2. The summed E-state index contributed by atoms with van der Waals surface area (Å²) in [5.41, 5.74) is 5.63. The molecular weight excluding hydrogens is 338 g/mol. The third-order valence-electron chi connectivity index (χ3n) is 6.60. The van der Waals surface area contributed by atoms with Crippen LogP contribution in [0, 0.1) is 17.2 Å². The van der Waals surface area contributed by atoms with Crippen LogP contribution in [-0.2, 0) is 23.1 Å². The number of amides is 1. The van der Waals surface area contributed by atoms with E-state index >= 15 is 0 Å². The summed E-state index contributed by atoms with van der Waals surface area (Å²) in [5.74, 6) is 0.583. The van der Waals surface area contributed by atoms with Crippen molar-refractivity contribution in [3.63, 3.8) is 0 Å². The Hall–Kier alpha value is -2.94. The highest BCUT2D eigenvalue weighted by Gasteiger charge is 2.65. The predicted octanol–water partition coefficient (Wildman–Crippen LogP) is 2.58. The standard InChI is InChI=1S/C21H19N5O/c22-11-13-10-21(13)15-9-12(5-6-17(15)23-19(21)27)18-14-3-1-4-16(14)24-20(25-18)26-7-2-8-26/h5-6,9,13H,1-4,7-8,10H2,(H,23,27). The molecule has 27 heavy (non-hydrogen) atoms. The van der Waals surface area contributed by atoms with E-state index in [1.165, 1.54) is 17.7 Å². The summed E-state index contributed by atoms with van der Waals surface area (Å²) >= 11 is 0. The lowest BCUT2D eigenvalue weighted by Gasteiger charge is -2.31. The molecule has 6 nitrogen and oxygen atoms in total. The monoisotopic (exact) mass is 357 g/mol. The Morgan fingerprint density at radius 1 is 1.22 bits per heavy atom. The molecule has 134 valence electrons. The zero-order chi connectivity index (χ0) is 18.2. The molecule has 3 heterocycles. The number of rotatable bonds is 2. The third kappa shape index (κ3) is 1.92. The minimum Gasteiger partial charge on any atom is -0.341 e. The molecule has 0 bridgehead atoms. The van der Waals surface area contributed by atoms with E-state index in [2.05, 4.69) is 22.4 Å². The molecule has 6 rings (SSSR count). The predicted molar refractivity (Wildman–Crippen MR) is 100 cm³/mol. The van der Waals surface area contributed by atoms with E-state index in [9.17, 15) is 10.1 Å². The van der Waals surface area contributed by atoms with Crippen molar-refractivity contribution in [1.29, 1.82) is 5.26 Å². The van der Waals surface area contributed by atoms with Gasteiger partial charge < -0.3 is 10.2 Å². The normalized spacial score (nSPS) is 27.0. The van der Waals surface area contributed by atoms with Gasteiger partial charge in [-0.1, -0.05) is 6.07 Å². The van der Waals surface area contributed by atoms with E-state index in [1.54, 1.807) is 0 Å². The van der Waals surface area contributed by atoms with Crippen molar-refractivity contribution in [2.24, 2.45) is 5.92 Å². The van der Waals surface area contributed by atoms with Gasteiger partial charge in [-0.3, -0.25) is 4.79 Å². The van der Waals surface area contributed by atoms with Gasteiger partial charge in [0.25, 0.3) is 0 Å². The van der Waals surface area contributed by atoms with E-state index in [0.29, 0.717) is 6.42 Å². The molecule has 6 heteroatoms. The largest absolute Gasteiger partial charge is 0.341 e. The molecule has 1 aromatic carbocycles. The second-order valence-corrected chi connectivity index (χ2v) is 8.06. The number of carbonyl (C=O) groups is 1. The first kappa shape index (κ1) is 15.2. The Balaban J connectivity index is 1.50. The molecule has 1 spiro atoms. The number of fused-ring (bicyclic) bond motifs is 3. The fourth-order valence-corrected chi connectivity index (χ4v) is 4.81. The van der Waals surface area contributed by atoms with E-state index in [0.717, 1.165) is 60.8 Å². The van der Waals surface area contributed by atoms with Gasteiger partial charge in [0.2, 0.25) is 11.9 Å². The summed E-state index contributed by atoms with van der Waals surface area (Å²) < 4.78 is 0. The summed E-state index contributed by atoms with van der Waals surface area (Å²) in [6, 6.07) is 8.39.